The third-order valence-corrected chi connectivity index (χ3v) is 0.426. The Morgan fingerprint density at radius 1 is 0.625 bits per heavy atom. The zero-order chi connectivity index (χ0) is 14.2. The summed E-state index contributed by atoms with van der Waals surface area (Å²) in [5.41, 5.74) is 15.4. The van der Waals surface area contributed by atoms with Crippen molar-refractivity contribution in [3.63, 3.8) is 0 Å². The molecule has 0 rings (SSSR count). The van der Waals surface area contributed by atoms with Gasteiger partial charge in [0.1, 0.15) is 0 Å². The van der Waals surface area contributed by atoms with Gasteiger partial charge < -0.3 is 0 Å². The lowest BCUT2D eigenvalue weighted by Crippen LogP contribution is -1.79. The second-order valence-electron chi connectivity index (χ2n) is 0.909. The molecule has 6 nitrogen and oxygen atoms in total. The molecule has 0 bridgehead atoms. The lowest BCUT2D eigenvalue weighted by atomic mass is 10.7. The van der Waals surface area contributed by atoms with Crippen molar-refractivity contribution in [2.45, 2.75) is 0 Å². The lowest BCUT2D eigenvalue weighted by molar-refractivity contribution is 0.953. The molecule has 0 atom stereocenters. The molecule has 0 aliphatic carbocycles. The Labute approximate surface area is 97.6 Å². The monoisotopic (exact) mass is 224 g/mol. The molecule has 0 aliphatic heterocycles. The van der Waals surface area contributed by atoms with Gasteiger partial charge in [-0.05, 0) is 11.1 Å². The Bertz CT molecular complexity index is 165. The van der Waals surface area contributed by atoms with Crippen molar-refractivity contribution in [1.82, 2.24) is 0 Å². The highest BCUT2D eigenvalue weighted by Gasteiger charge is 1.72. The van der Waals surface area contributed by atoms with Crippen molar-refractivity contribution in [3.05, 3.63) is 73.5 Å². The van der Waals surface area contributed by atoms with Crippen molar-refractivity contribution in [2.24, 2.45) is 10.2 Å². The van der Waals surface area contributed by atoms with E-state index >= 15 is 0 Å². The summed E-state index contributed by atoms with van der Waals surface area (Å²) in [4.78, 5) is 4.90. The topological polar surface area (TPSA) is 97.5 Å². The van der Waals surface area contributed by atoms with Crippen molar-refractivity contribution in [3.8, 4) is 0 Å². The molecule has 0 aliphatic rings. The Morgan fingerprint density at radius 3 is 0.938 bits per heavy atom. The second kappa shape index (κ2) is 132. The fourth-order valence-corrected chi connectivity index (χ4v) is 0.179. The maximum atomic E-state index is 7.69. The van der Waals surface area contributed by atoms with E-state index in [1.165, 1.54) is 0 Å². The summed E-state index contributed by atoms with van der Waals surface area (Å²) >= 11 is 0. The molecule has 16 heavy (non-hydrogen) atoms. The smallest absolute Gasteiger partial charge is 0.0313 e. The molecule has 0 saturated heterocycles. The highest BCUT2D eigenvalue weighted by atomic mass is 15.2. The van der Waals surface area contributed by atoms with E-state index in [4.69, 9.17) is 11.1 Å². The first-order valence-electron chi connectivity index (χ1n) is 3.93. The van der Waals surface area contributed by atoms with Gasteiger partial charge in [0, 0.05) is 22.9 Å². The van der Waals surface area contributed by atoms with Gasteiger partial charge in [-0.25, -0.2) is 0 Å². The molecule has 0 aromatic rings. The first kappa shape index (κ1) is 29.2. The van der Waals surface area contributed by atoms with E-state index in [-0.39, 0.29) is 13.1 Å². The van der Waals surface area contributed by atoms with Crippen molar-refractivity contribution in [1.29, 1.82) is 0 Å². The molecular weight excluding hydrogens is 204 g/mol. The number of nitrogens with zero attached hydrogens (tertiary/aromatic N) is 6. The predicted molar refractivity (Wildman–Crippen MR) is 73.0 cm³/mol. The van der Waals surface area contributed by atoms with E-state index in [9.17, 15) is 0 Å². The number of hydrogen-bond acceptors (Lipinski definition) is 2. The fraction of sp³-hybridized carbons (Fsp3) is 0.200. The Morgan fingerprint density at radius 2 is 0.812 bits per heavy atom. The minimum atomic E-state index is 0.237. The molecule has 0 amide bonds. The van der Waals surface area contributed by atoms with Gasteiger partial charge >= 0.3 is 0 Å². The minimum absolute atomic E-state index is 0.237. The van der Waals surface area contributed by atoms with Gasteiger partial charge in [-0.3, -0.25) is 0 Å². The van der Waals surface area contributed by atoms with Gasteiger partial charge in [0.05, 0.1) is 0 Å². The zero-order valence-electron chi connectivity index (χ0n) is 9.75. The maximum absolute atomic E-state index is 7.69. The van der Waals surface area contributed by atoms with Crippen LogP contribution in [0.3, 0.4) is 0 Å². The highest BCUT2D eigenvalue weighted by molar-refractivity contribution is 4.50. The molecule has 0 N–H and O–H groups in total. The third-order valence-electron chi connectivity index (χ3n) is 0.426. The largest absolute Gasteiger partial charge is 0.106 e. The van der Waals surface area contributed by atoms with Gasteiger partial charge in [0.25, 0.3) is 0 Å². The maximum Gasteiger partial charge on any atom is 0.0313 e. The summed E-state index contributed by atoms with van der Waals surface area (Å²) in [6.07, 6.45) is 0. The molecule has 90 valence electrons. The van der Waals surface area contributed by atoms with Crippen LogP contribution in [-0.2, 0) is 0 Å². The molecule has 6 heteroatoms. The van der Waals surface area contributed by atoms with Crippen LogP contribution in [0.2, 0.25) is 0 Å². The summed E-state index contributed by atoms with van der Waals surface area (Å²) < 4.78 is 0. The summed E-state index contributed by atoms with van der Waals surface area (Å²) in [5, 5.41) is 6.25. The summed E-state index contributed by atoms with van der Waals surface area (Å²) in [6.45, 7) is 24.5. The van der Waals surface area contributed by atoms with Crippen LogP contribution in [0.25, 0.3) is 20.9 Å². The normalized spacial score (nSPS) is 4.25. The molecule has 0 fully saturated rings. The van der Waals surface area contributed by atoms with Crippen LogP contribution >= 0.6 is 0 Å². The first-order chi connectivity index (χ1) is 7.91. The SMILES string of the molecule is C=C.C=C.C=C.C=C.[N-]=[N+]=NCCN=[N+]=[N-]. The average Bonchev–Trinajstić information content (AvgIpc) is 2.44. The molecule has 0 radical (unpaired) electrons. The van der Waals surface area contributed by atoms with Crippen molar-refractivity contribution in [2.75, 3.05) is 13.1 Å². The number of hydrogen-bond donors (Lipinski definition) is 0. The number of rotatable bonds is 3. The second-order valence-corrected chi connectivity index (χ2v) is 0.909. The van der Waals surface area contributed by atoms with Crippen LogP contribution in [-0.4, -0.2) is 13.1 Å². The van der Waals surface area contributed by atoms with Crippen LogP contribution in [0.1, 0.15) is 0 Å². The van der Waals surface area contributed by atoms with Crippen LogP contribution < -0.4 is 0 Å². The quantitative estimate of drug-likeness (QED) is 0.216. The van der Waals surface area contributed by atoms with E-state index in [2.05, 4.69) is 72.7 Å². The summed E-state index contributed by atoms with van der Waals surface area (Å²) in [7, 11) is 0. The van der Waals surface area contributed by atoms with E-state index in [0.29, 0.717) is 0 Å². The fourth-order valence-electron chi connectivity index (χ4n) is 0.179. The van der Waals surface area contributed by atoms with Gasteiger partial charge in [0.15, 0.2) is 0 Å². The van der Waals surface area contributed by atoms with E-state index in [1.54, 1.807) is 0 Å². The highest BCUT2D eigenvalue weighted by Crippen LogP contribution is 1.73. The third kappa shape index (κ3) is 195. The average molecular weight is 224 g/mol. The Balaban J connectivity index is -0.0000000426. The molecule has 0 unspecified atom stereocenters. The van der Waals surface area contributed by atoms with E-state index in [1.807, 2.05) is 0 Å². The van der Waals surface area contributed by atoms with Gasteiger partial charge in [-0.2, -0.15) is 0 Å². The zero-order valence-corrected chi connectivity index (χ0v) is 9.75. The molecule has 0 saturated carbocycles. The van der Waals surface area contributed by atoms with Crippen LogP contribution in [0.4, 0.5) is 0 Å². The predicted octanol–water partition coefficient (Wildman–Crippen LogP) is 4.82. The molecular formula is C10H20N6. The summed E-state index contributed by atoms with van der Waals surface area (Å²) in [6, 6.07) is 0. The molecule has 0 aromatic carbocycles. The van der Waals surface area contributed by atoms with Crippen LogP contribution in [0.15, 0.2) is 62.9 Å². The van der Waals surface area contributed by atoms with E-state index in [0.717, 1.165) is 0 Å². The lowest BCUT2D eigenvalue weighted by Gasteiger charge is -1.74. The molecule has 0 spiro atoms. The molecule has 0 heterocycles. The first-order valence-corrected chi connectivity index (χ1v) is 3.93. The van der Waals surface area contributed by atoms with E-state index < -0.39 is 0 Å². The van der Waals surface area contributed by atoms with Crippen molar-refractivity contribution < 1.29 is 0 Å². The Hall–Kier alpha value is -2.42. The van der Waals surface area contributed by atoms with Gasteiger partial charge in [-0.1, -0.05) is 10.2 Å². The Kier molecular flexibility index (Phi) is 240. The standard InChI is InChI=1S/C2H4N6.4C2H4/c3-7-5-1-2-6-8-4;4*1-2/h1-2H2;4*1-2H2. The summed E-state index contributed by atoms with van der Waals surface area (Å²) in [5.74, 6) is 0. The van der Waals surface area contributed by atoms with Crippen molar-refractivity contribution >= 4 is 0 Å². The van der Waals surface area contributed by atoms with Crippen LogP contribution in [0.5, 0.6) is 0 Å². The number of azide groups is 2. The molecule has 0 aromatic heterocycles. The van der Waals surface area contributed by atoms with Crippen LogP contribution in [0, 0.1) is 0 Å². The van der Waals surface area contributed by atoms with Gasteiger partial charge in [-0.15, -0.1) is 52.6 Å². The van der Waals surface area contributed by atoms with Gasteiger partial charge in [0.2, 0.25) is 0 Å². The minimum Gasteiger partial charge on any atom is -0.106 e.